The van der Waals surface area contributed by atoms with Crippen LogP contribution >= 0.6 is 12.4 Å². The van der Waals surface area contributed by atoms with Crippen molar-refractivity contribution in [3.63, 3.8) is 0 Å². The fraction of sp³-hybridized carbons (Fsp3) is 0.0909. The van der Waals surface area contributed by atoms with Gasteiger partial charge in [0.05, 0.1) is 5.52 Å². The summed E-state index contributed by atoms with van der Waals surface area (Å²) in [6.45, 7) is 4.19. The van der Waals surface area contributed by atoms with Crippen molar-refractivity contribution < 1.29 is 4.74 Å². The number of nitrogens with zero attached hydrogens (tertiary/aromatic N) is 2. The second-order valence-corrected chi connectivity index (χ2v) is 6.24. The molecule has 0 radical (unpaired) electrons. The van der Waals surface area contributed by atoms with Gasteiger partial charge in [-0.15, -0.1) is 12.4 Å². The maximum absolute atomic E-state index is 5.91. The zero-order valence-electron chi connectivity index (χ0n) is 15.1. The van der Waals surface area contributed by atoms with Gasteiger partial charge in [0, 0.05) is 17.1 Å². The van der Waals surface area contributed by atoms with Crippen LogP contribution in [0.3, 0.4) is 0 Å². The van der Waals surface area contributed by atoms with Crippen molar-refractivity contribution in [2.45, 2.75) is 13.8 Å². The monoisotopic (exact) mass is 377 g/mol. The Labute approximate surface area is 164 Å². The van der Waals surface area contributed by atoms with Crippen LogP contribution in [-0.4, -0.2) is 9.97 Å². The van der Waals surface area contributed by atoms with Crippen LogP contribution in [0, 0.1) is 13.8 Å². The zero-order valence-corrected chi connectivity index (χ0v) is 16.0. The van der Waals surface area contributed by atoms with E-state index in [1.54, 1.807) is 6.33 Å². The molecule has 0 amide bonds. The van der Waals surface area contributed by atoms with E-state index in [-0.39, 0.29) is 12.4 Å². The Balaban J connectivity index is 0.00000210. The molecule has 4 nitrogen and oxygen atoms in total. The van der Waals surface area contributed by atoms with Crippen LogP contribution in [-0.2, 0) is 0 Å². The first-order chi connectivity index (χ1) is 12.7. The van der Waals surface area contributed by atoms with Gasteiger partial charge in [-0.2, -0.15) is 0 Å². The number of hydrogen-bond donors (Lipinski definition) is 1. The molecule has 0 saturated carbocycles. The lowest BCUT2D eigenvalue weighted by molar-refractivity contribution is 0.483. The van der Waals surface area contributed by atoms with E-state index in [4.69, 9.17) is 4.74 Å². The maximum Gasteiger partial charge on any atom is 0.141 e. The number of rotatable bonds is 4. The lowest BCUT2D eigenvalue weighted by Crippen LogP contribution is -1.97. The fourth-order valence-corrected chi connectivity index (χ4v) is 2.81. The van der Waals surface area contributed by atoms with E-state index >= 15 is 0 Å². The van der Waals surface area contributed by atoms with Crippen LogP contribution in [0.1, 0.15) is 11.1 Å². The molecule has 0 aliphatic heterocycles. The summed E-state index contributed by atoms with van der Waals surface area (Å²) < 4.78 is 5.91. The van der Waals surface area contributed by atoms with Crippen molar-refractivity contribution in [3.05, 3.63) is 84.2 Å². The average molecular weight is 378 g/mol. The summed E-state index contributed by atoms with van der Waals surface area (Å²) in [7, 11) is 0. The fourth-order valence-electron chi connectivity index (χ4n) is 2.81. The average Bonchev–Trinajstić information content (AvgIpc) is 2.65. The summed E-state index contributed by atoms with van der Waals surface area (Å²) in [4.78, 5) is 8.81. The zero-order chi connectivity index (χ0) is 17.9. The van der Waals surface area contributed by atoms with Gasteiger partial charge < -0.3 is 10.1 Å². The molecule has 0 fully saturated rings. The molecule has 0 atom stereocenters. The first-order valence-corrected chi connectivity index (χ1v) is 8.51. The van der Waals surface area contributed by atoms with Gasteiger partial charge in [0.1, 0.15) is 23.6 Å². The summed E-state index contributed by atoms with van der Waals surface area (Å²) in [5.74, 6) is 2.37. The molecule has 3 aromatic carbocycles. The number of anilines is 2. The van der Waals surface area contributed by atoms with Crippen molar-refractivity contribution in [1.82, 2.24) is 9.97 Å². The molecule has 0 bridgehead atoms. The Morgan fingerprint density at radius 3 is 2.33 bits per heavy atom. The standard InChI is InChI=1S/C22H19N3O.ClH/c1-15-11-20-21(12-16(15)2)23-14-24-22(20)25-17-7-6-10-19(13-17)26-18-8-4-3-5-9-18;/h3-14H,1-2H3,(H,23,24,25);1H. The van der Waals surface area contributed by atoms with Gasteiger partial charge in [-0.25, -0.2) is 9.97 Å². The van der Waals surface area contributed by atoms with E-state index in [1.165, 1.54) is 11.1 Å². The Bertz CT molecular complexity index is 1070. The second kappa shape index (κ2) is 8.06. The minimum absolute atomic E-state index is 0. The number of para-hydroxylation sites is 1. The number of nitrogens with one attached hydrogen (secondary N) is 1. The minimum atomic E-state index is 0. The van der Waals surface area contributed by atoms with Gasteiger partial charge in [0.2, 0.25) is 0 Å². The number of halogens is 1. The molecule has 136 valence electrons. The highest BCUT2D eigenvalue weighted by atomic mass is 35.5. The Hall–Kier alpha value is -3.11. The first-order valence-electron chi connectivity index (χ1n) is 8.51. The van der Waals surface area contributed by atoms with Gasteiger partial charge >= 0.3 is 0 Å². The first kappa shape index (κ1) is 18.7. The highest BCUT2D eigenvalue weighted by Gasteiger charge is 2.07. The number of aromatic nitrogens is 2. The molecule has 0 spiro atoms. The molecule has 0 aliphatic carbocycles. The topological polar surface area (TPSA) is 47.0 Å². The van der Waals surface area contributed by atoms with Gasteiger partial charge in [-0.1, -0.05) is 24.3 Å². The van der Waals surface area contributed by atoms with Crippen LogP contribution in [0.25, 0.3) is 10.9 Å². The molecule has 1 heterocycles. The van der Waals surface area contributed by atoms with E-state index in [0.29, 0.717) is 0 Å². The molecular weight excluding hydrogens is 358 g/mol. The summed E-state index contributed by atoms with van der Waals surface area (Å²) in [5.41, 5.74) is 4.29. The maximum atomic E-state index is 5.91. The van der Waals surface area contributed by atoms with Gasteiger partial charge in [-0.3, -0.25) is 0 Å². The van der Waals surface area contributed by atoms with Crippen molar-refractivity contribution in [2.75, 3.05) is 5.32 Å². The number of ether oxygens (including phenoxy) is 1. The minimum Gasteiger partial charge on any atom is -0.457 e. The van der Waals surface area contributed by atoms with Crippen molar-refractivity contribution in [3.8, 4) is 11.5 Å². The van der Waals surface area contributed by atoms with E-state index in [1.807, 2.05) is 54.6 Å². The molecule has 27 heavy (non-hydrogen) atoms. The third-order valence-corrected chi connectivity index (χ3v) is 4.33. The van der Waals surface area contributed by atoms with Crippen LogP contribution in [0.2, 0.25) is 0 Å². The normalized spacial score (nSPS) is 10.3. The highest BCUT2D eigenvalue weighted by molar-refractivity contribution is 5.91. The molecule has 1 N–H and O–H groups in total. The summed E-state index contributed by atoms with van der Waals surface area (Å²) in [6, 6.07) is 21.8. The third kappa shape index (κ3) is 4.18. The third-order valence-electron chi connectivity index (χ3n) is 4.33. The Morgan fingerprint density at radius 1 is 0.778 bits per heavy atom. The second-order valence-electron chi connectivity index (χ2n) is 6.24. The molecular formula is C22H20ClN3O. The number of aryl methyl sites for hydroxylation is 2. The molecule has 5 heteroatoms. The number of benzene rings is 3. The summed E-state index contributed by atoms with van der Waals surface area (Å²) in [6.07, 6.45) is 1.59. The van der Waals surface area contributed by atoms with E-state index in [2.05, 4.69) is 41.3 Å². The molecule has 4 aromatic rings. The largest absolute Gasteiger partial charge is 0.457 e. The Morgan fingerprint density at radius 2 is 1.52 bits per heavy atom. The smallest absolute Gasteiger partial charge is 0.141 e. The molecule has 1 aromatic heterocycles. The predicted octanol–water partition coefficient (Wildman–Crippen LogP) is 6.20. The molecule has 0 aliphatic rings. The van der Waals surface area contributed by atoms with Crippen LogP contribution in [0.5, 0.6) is 11.5 Å². The van der Waals surface area contributed by atoms with Crippen LogP contribution in [0.15, 0.2) is 73.1 Å². The Kier molecular flexibility index (Phi) is 5.57. The quantitative estimate of drug-likeness (QED) is 0.459. The van der Waals surface area contributed by atoms with Crippen LogP contribution < -0.4 is 10.1 Å². The highest BCUT2D eigenvalue weighted by Crippen LogP contribution is 2.28. The van der Waals surface area contributed by atoms with Crippen molar-refractivity contribution >= 4 is 34.8 Å². The molecule has 4 rings (SSSR count). The van der Waals surface area contributed by atoms with E-state index in [0.717, 1.165) is 33.9 Å². The molecule has 0 unspecified atom stereocenters. The molecule has 0 saturated heterocycles. The van der Waals surface area contributed by atoms with Gasteiger partial charge in [-0.05, 0) is 61.4 Å². The predicted molar refractivity (Wildman–Crippen MR) is 113 cm³/mol. The SMILES string of the molecule is Cc1cc2ncnc(Nc3cccc(Oc4ccccc4)c3)c2cc1C.Cl. The summed E-state index contributed by atoms with van der Waals surface area (Å²) in [5, 5.41) is 4.39. The lowest BCUT2D eigenvalue weighted by atomic mass is 10.1. The van der Waals surface area contributed by atoms with Crippen molar-refractivity contribution in [2.24, 2.45) is 0 Å². The summed E-state index contributed by atoms with van der Waals surface area (Å²) >= 11 is 0. The number of fused-ring (bicyclic) bond motifs is 1. The lowest BCUT2D eigenvalue weighted by Gasteiger charge is -2.11. The van der Waals surface area contributed by atoms with E-state index in [9.17, 15) is 0 Å². The van der Waals surface area contributed by atoms with Crippen LogP contribution in [0.4, 0.5) is 11.5 Å². The van der Waals surface area contributed by atoms with Crippen molar-refractivity contribution in [1.29, 1.82) is 0 Å². The number of hydrogen-bond acceptors (Lipinski definition) is 4. The van der Waals surface area contributed by atoms with Gasteiger partial charge in [0.25, 0.3) is 0 Å². The van der Waals surface area contributed by atoms with E-state index < -0.39 is 0 Å². The van der Waals surface area contributed by atoms with Gasteiger partial charge in [0.15, 0.2) is 0 Å².